The van der Waals surface area contributed by atoms with Crippen LogP contribution in [0.1, 0.15) is 5.56 Å². The third-order valence-electron chi connectivity index (χ3n) is 1.48. The Morgan fingerprint density at radius 3 is 3.20 bits per heavy atom. The molecule has 0 saturated heterocycles. The topological polar surface area (TPSA) is 12.0 Å². The molecule has 10 heavy (non-hydrogen) atoms. The van der Waals surface area contributed by atoms with Crippen molar-refractivity contribution in [2.75, 3.05) is 0 Å². The summed E-state index contributed by atoms with van der Waals surface area (Å²) in [6, 6.07) is 8.37. The van der Waals surface area contributed by atoms with Crippen molar-refractivity contribution in [3.05, 3.63) is 35.7 Å². The fraction of sp³-hybridized carbons (Fsp3) is 0.125. The van der Waals surface area contributed by atoms with Crippen LogP contribution >= 0.6 is 11.8 Å². The number of rotatable bonds is 0. The van der Waals surface area contributed by atoms with Crippen molar-refractivity contribution < 1.29 is 0 Å². The van der Waals surface area contributed by atoms with Crippen LogP contribution in [-0.4, -0.2) is 0 Å². The summed E-state index contributed by atoms with van der Waals surface area (Å²) in [6.07, 6.45) is 0. The van der Waals surface area contributed by atoms with Crippen LogP contribution in [0.25, 0.3) is 0 Å². The van der Waals surface area contributed by atoms with E-state index < -0.39 is 0 Å². The van der Waals surface area contributed by atoms with E-state index in [9.17, 15) is 0 Å². The van der Waals surface area contributed by atoms with Crippen LogP contribution in [0.15, 0.2) is 29.2 Å². The maximum atomic E-state index is 3.05. The Kier molecular flexibility index (Phi) is 1.65. The minimum absolute atomic E-state index is 0.920. The molecule has 0 amide bonds. The van der Waals surface area contributed by atoms with Crippen molar-refractivity contribution in [3.8, 4) is 0 Å². The number of hydrogen-bond acceptors (Lipinski definition) is 2. The second-order valence-electron chi connectivity index (χ2n) is 2.17. The fourth-order valence-corrected chi connectivity index (χ4v) is 1.64. The predicted molar refractivity (Wildman–Crippen MR) is 42.4 cm³/mol. The van der Waals surface area contributed by atoms with E-state index in [4.69, 9.17) is 0 Å². The van der Waals surface area contributed by atoms with Gasteiger partial charge in [-0.15, -0.1) is 0 Å². The lowest BCUT2D eigenvalue weighted by molar-refractivity contribution is 0.820. The SMILES string of the molecule is [C]1NCc2ccccc2S1. The number of thioether (sulfide) groups is 1. The molecule has 0 bridgehead atoms. The van der Waals surface area contributed by atoms with Gasteiger partial charge in [0, 0.05) is 11.4 Å². The molecular formula is C8H7NS. The standard InChI is InChI=1S/C8H7NS/c1-2-4-8-7(3-1)5-9-6-10-8/h1-4,9H,5H2. The number of fused-ring (bicyclic) bond motifs is 1. The van der Waals surface area contributed by atoms with Crippen molar-refractivity contribution in [1.29, 1.82) is 0 Å². The number of hydrogen-bond donors (Lipinski definition) is 1. The molecule has 50 valence electrons. The van der Waals surface area contributed by atoms with Gasteiger partial charge in [0.15, 0.2) is 0 Å². The minimum atomic E-state index is 0.920. The van der Waals surface area contributed by atoms with E-state index in [0.717, 1.165) is 6.54 Å². The first-order valence-corrected chi connectivity index (χ1v) is 4.01. The molecule has 1 aromatic carbocycles. The van der Waals surface area contributed by atoms with Crippen molar-refractivity contribution >= 4 is 11.8 Å². The van der Waals surface area contributed by atoms with E-state index in [0.29, 0.717) is 0 Å². The lowest BCUT2D eigenvalue weighted by atomic mass is 10.2. The zero-order chi connectivity index (χ0) is 6.81. The van der Waals surface area contributed by atoms with Gasteiger partial charge >= 0.3 is 0 Å². The van der Waals surface area contributed by atoms with Gasteiger partial charge in [-0.25, -0.2) is 0 Å². The van der Waals surface area contributed by atoms with Gasteiger partial charge < -0.3 is 0 Å². The highest BCUT2D eigenvalue weighted by Crippen LogP contribution is 2.27. The Balaban J connectivity index is 2.41. The smallest absolute Gasteiger partial charge is 0.131 e. The molecule has 1 N–H and O–H groups in total. The highest BCUT2D eigenvalue weighted by atomic mass is 32.2. The Morgan fingerprint density at radius 1 is 1.40 bits per heavy atom. The zero-order valence-electron chi connectivity index (χ0n) is 5.42. The predicted octanol–water partition coefficient (Wildman–Crippen LogP) is 1.88. The summed E-state index contributed by atoms with van der Waals surface area (Å²) in [4.78, 5) is 1.32. The number of nitrogens with one attached hydrogen (secondary N) is 1. The fourth-order valence-electron chi connectivity index (χ4n) is 0.972. The lowest BCUT2D eigenvalue weighted by Gasteiger charge is -2.13. The highest BCUT2D eigenvalue weighted by Gasteiger charge is 2.06. The van der Waals surface area contributed by atoms with Crippen molar-refractivity contribution in [1.82, 2.24) is 5.32 Å². The van der Waals surface area contributed by atoms with Crippen LogP contribution < -0.4 is 5.32 Å². The molecule has 2 radical (unpaired) electrons. The van der Waals surface area contributed by atoms with Gasteiger partial charge in [-0.1, -0.05) is 30.0 Å². The van der Waals surface area contributed by atoms with Crippen molar-refractivity contribution in [3.63, 3.8) is 0 Å². The van der Waals surface area contributed by atoms with E-state index in [-0.39, 0.29) is 0 Å². The van der Waals surface area contributed by atoms with Crippen molar-refractivity contribution in [2.24, 2.45) is 0 Å². The second kappa shape index (κ2) is 2.64. The van der Waals surface area contributed by atoms with E-state index >= 15 is 0 Å². The van der Waals surface area contributed by atoms with Crippen LogP contribution in [0.4, 0.5) is 0 Å². The van der Waals surface area contributed by atoms with Gasteiger partial charge in [-0.2, -0.15) is 0 Å². The maximum absolute atomic E-state index is 3.05. The Bertz CT molecular complexity index is 209. The largest absolute Gasteiger partial charge is 0.294 e. The summed E-state index contributed by atoms with van der Waals surface area (Å²) >= 11 is 1.63. The molecule has 0 aliphatic carbocycles. The van der Waals surface area contributed by atoms with E-state index in [1.165, 1.54) is 10.5 Å². The second-order valence-corrected chi connectivity index (χ2v) is 3.01. The Labute approximate surface area is 64.8 Å². The molecule has 0 unspecified atom stereocenters. The van der Waals surface area contributed by atoms with Gasteiger partial charge in [0.2, 0.25) is 0 Å². The quantitative estimate of drug-likeness (QED) is 0.604. The first-order chi connectivity index (χ1) is 4.97. The lowest BCUT2D eigenvalue weighted by Crippen LogP contribution is -2.12. The first kappa shape index (κ1) is 6.25. The van der Waals surface area contributed by atoms with Gasteiger partial charge in [0.05, 0.1) is 0 Å². The summed E-state index contributed by atoms with van der Waals surface area (Å²) in [7, 11) is 0. The molecule has 0 spiro atoms. The molecule has 0 fully saturated rings. The monoisotopic (exact) mass is 149 g/mol. The molecule has 1 heterocycles. The van der Waals surface area contributed by atoms with E-state index in [1.807, 2.05) is 0 Å². The normalized spacial score (nSPS) is 16.4. The summed E-state index contributed by atoms with van der Waals surface area (Å²) < 4.78 is 0. The minimum Gasteiger partial charge on any atom is -0.294 e. The summed E-state index contributed by atoms with van der Waals surface area (Å²) in [5, 5.41) is 3.05. The molecule has 2 heteroatoms. The van der Waals surface area contributed by atoms with Crippen LogP contribution in [0.2, 0.25) is 0 Å². The van der Waals surface area contributed by atoms with Gasteiger partial charge in [0.1, 0.15) is 5.88 Å². The van der Waals surface area contributed by atoms with Crippen molar-refractivity contribution in [2.45, 2.75) is 11.4 Å². The summed E-state index contributed by atoms with van der Waals surface area (Å²) in [5.74, 6) is 3.01. The third-order valence-corrected chi connectivity index (χ3v) is 2.35. The van der Waals surface area contributed by atoms with Gasteiger partial charge in [-0.05, 0) is 11.6 Å². The molecular weight excluding hydrogens is 142 g/mol. The maximum Gasteiger partial charge on any atom is 0.131 e. The van der Waals surface area contributed by atoms with Gasteiger partial charge in [-0.3, -0.25) is 5.32 Å². The molecule has 1 nitrogen and oxygen atoms in total. The molecule has 1 aliphatic rings. The highest BCUT2D eigenvalue weighted by molar-refractivity contribution is 8.01. The average molecular weight is 149 g/mol. The van der Waals surface area contributed by atoms with E-state index in [1.54, 1.807) is 11.8 Å². The van der Waals surface area contributed by atoms with Crippen LogP contribution in [0, 0.1) is 5.88 Å². The zero-order valence-corrected chi connectivity index (χ0v) is 6.24. The molecule has 1 aromatic rings. The Morgan fingerprint density at radius 2 is 2.30 bits per heavy atom. The Hall–Kier alpha value is -0.470. The molecule has 1 aliphatic heterocycles. The molecule has 0 atom stereocenters. The summed E-state index contributed by atoms with van der Waals surface area (Å²) in [5.41, 5.74) is 1.37. The van der Waals surface area contributed by atoms with E-state index in [2.05, 4.69) is 35.5 Å². The molecule has 0 saturated carbocycles. The number of benzene rings is 1. The molecule has 0 aromatic heterocycles. The third kappa shape index (κ3) is 1.04. The van der Waals surface area contributed by atoms with Crippen LogP contribution in [-0.2, 0) is 6.54 Å². The van der Waals surface area contributed by atoms with Crippen LogP contribution in [0.5, 0.6) is 0 Å². The van der Waals surface area contributed by atoms with Gasteiger partial charge in [0.25, 0.3) is 0 Å². The van der Waals surface area contributed by atoms with Crippen LogP contribution in [0.3, 0.4) is 0 Å². The average Bonchev–Trinajstić information content (AvgIpc) is 2.05. The first-order valence-electron chi connectivity index (χ1n) is 3.19. The summed E-state index contributed by atoms with van der Waals surface area (Å²) in [6.45, 7) is 0.920. The molecule has 2 rings (SSSR count).